The lowest BCUT2D eigenvalue weighted by Crippen LogP contribution is -2.30. The van der Waals surface area contributed by atoms with Crippen molar-refractivity contribution in [2.24, 2.45) is 0 Å². The van der Waals surface area contributed by atoms with Crippen LogP contribution in [0.1, 0.15) is 239 Å². The number of unbranched alkanes of at least 4 members (excludes halogenated alkanes) is 13. The van der Waals surface area contributed by atoms with Gasteiger partial charge in [0.1, 0.15) is 13.2 Å². The topological polar surface area (TPSA) is 78.9 Å². The summed E-state index contributed by atoms with van der Waals surface area (Å²) in [4.78, 5) is 38.3. The lowest BCUT2D eigenvalue weighted by Gasteiger charge is -2.18. The molecule has 0 spiro atoms. The van der Waals surface area contributed by atoms with Crippen LogP contribution in [0.2, 0.25) is 0 Å². The van der Waals surface area contributed by atoms with Gasteiger partial charge in [-0.2, -0.15) is 0 Å². The fraction of sp³-hybridized carbons (Fsp3) is 0.548. The predicted molar refractivity (Wildman–Crippen MR) is 343 cm³/mol. The zero-order valence-electron chi connectivity index (χ0n) is 50.3. The van der Waals surface area contributed by atoms with E-state index in [9.17, 15) is 14.4 Å². The van der Waals surface area contributed by atoms with Crippen molar-refractivity contribution < 1.29 is 28.6 Å². The van der Waals surface area contributed by atoms with E-state index in [1.807, 2.05) is 0 Å². The van der Waals surface area contributed by atoms with Gasteiger partial charge in [-0.25, -0.2) is 0 Å². The summed E-state index contributed by atoms with van der Waals surface area (Å²) in [5, 5.41) is 0. The molecule has 0 heterocycles. The summed E-state index contributed by atoms with van der Waals surface area (Å²) in [5.41, 5.74) is 0. The standard InChI is InChI=1S/C73H112O6/c1-4-7-10-13-16-19-22-25-28-30-32-34-35-36-37-39-40-42-45-48-51-54-57-60-63-66-72(75)78-69-70(68-77-71(74)65-62-59-56-53-50-47-44-27-24-21-18-15-12-9-6-3)79-73(76)67-64-61-58-55-52-49-46-43-41-38-33-31-29-26-23-20-17-14-11-8-5-2/h7-12,16-21,25-29,32-34,36-38,40,42-44,46,48,51,70H,4-6,13-15,22-24,30-31,35,39,41,45,47,49-50,52-69H2,1-3H3/b10-7-,11-8-,12-9-,19-16-,20-17-,21-18-,28-25-,29-26-,34-32-,37-36-,38-33-,42-40-,44-27-,46-43-,51-48-. The van der Waals surface area contributed by atoms with Gasteiger partial charge in [-0.3, -0.25) is 14.4 Å². The second kappa shape index (κ2) is 65.0. The van der Waals surface area contributed by atoms with E-state index in [0.717, 1.165) is 199 Å². The van der Waals surface area contributed by atoms with Gasteiger partial charge >= 0.3 is 17.9 Å². The molecular weight excluding hydrogens is 973 g/mol. The number of hydrogen-bond donors (Lipinski definition) is 0. The van der Waals surface area contributed by atoms with Crippen molar-refractivity contribution in [1.29, 1.82) is 0 Å². The number of carbonyl (C=O) groups excluding carboxylic acids is 3. The van der Waals surface area contributed by atoms with E-state index in [1.165, 1.54) is 0 Å². The largest absolute Gasteiger partial charge is 0.462 e. The van der Waals surface area contributed by atoms with Crippen molar-refractivity contribution in [1.82, 2.24) is 0 Å². The summed E-state index contributed by atoms with van der Waals surface area (Å²) in [6.45, 7) is 6.23. The smallest absolute Gasteiger partial charge is 0.306 e. The zero-order valence-corrected chi connectivity index (χ0v) is 50.3. The molecule has 0 aromatic rings. The van der Waals surface area contributed by atoms with Crippen molar-refractivity contribution in [3.8, 4) is 0 Å². The molecule has 0 aliphatic rings. The molecule has 0 rings (SSSR count). The Morgan fingerprint density at radius 1 is 0.253 bits per heavy atom. The molecule has 6 heteroatoms. The molecule has 0 saturated carbocycles. The molecule has 0 saturated heterocycles. The summed E-state index contributed by atoms with van der Waals surface area (Å²) < 4.78 is 16.9. The first-order valence-corrected chi connectivity index (χ1v) is 31.3. The summed E-state index contributed by atoms with van der Waals surface area (Å²) >= 11 is 0. The highest BCUT2D eigenvalue weighted by Gasteiger charge is 2.19. The van der Waals surface area contributed by atoms with Gasteiger partial charge in [-0.05, 0) is 154 Å². The third kappa shape index (κ3) is 63.2. The molecule has 0 radical (unpaired) electrons. The van der Waals surface area contributed by atoms with Gasteiger partial charge in [0.25, 0.3) is 0 Å². The van der Waals surface area contributed by atoms with Gasteiger partial charge < -0.3 is 14.2 Å². The average Bonchev–Trinajstić information content (AvgIpc) is 3.45. The molecule has 1 unspecified atom stereocenters. The van der Waals surface area contributed by atoms with Gasteiger partial charge in [0.05, 0.1) is 0 Å². The van der Waals surface area contributed by atoms with Gasteiger partial charge in [0, 0.05) is 19.3 Å². The van der Waals surface area contributed by atoms with Crippen molar-refractivity contribution in [3.63, 3.8) is 0 Å². The molecule has 0 aromatic heterocycles. The van der Waals surface area contributed by atoms with Gasteiger partial charge in [0.15, 0.2) is 6.10 Å². The lowest BCUT2D eigenvalue weighted by atomic mass is 10.1. The molecule has 0 bridgehead atoms. The predicted octanol–water partition coefficient (Wildman–Crippen LogP) is 21.7. The van der Waals surface area contributed by atoms with E-state index < -0.39 is 6.10 Å². The maximum absolute atomic E-state index is 12.9. The Morgan fingerprint density at radius 2 is 0.456 bits per heavy atom. The minimum absolute atomic E-state index is 0.116. The van der Waals surface area contributed by atoms with Crippen molar-refractivity contribution in [2.45, 2.75) is 245 Å². The molecule has 0 amide bonds. The van der Waals surface area contributed by atoms with Crippen LogP contribution >= 0.6 is 0 Å². The Hall–Kier alpha value is -5.49. The first kappa shape index (κ1) is 73.5. The Balaban J connectivity index is 4.54. The summed E-state index contributed by atoms with van der Waals surface area (Å²) in [6.07, 6.45) is 97.4. The van der Waals surface area contributed by atoms with Crippen LogP contribution in [0, 0.1) is 0 Å². The maximum atomic E-state index is 12.9. The second-order valence-electron chi connectivity index (χ2n) is 19.8. The minimum Gasteiger partial charge on any atom is -0.462 e. The Kier molecular flexibility index (Phi) is 60.5. The fourth-order valence-corrected chi connectivity index (χ4v) is 7.81. The Bertz CT molecular complexity index is 1870. The van der Waals surface area contributed by atoms with Crippen LogP contribution in [0.15, 0.2) is 182 Å². The summed E-state index contributed by atoms with van der Waals surface area (Å²) in [6, 6.07) is 0. The number of hydrogen-bond acceptors (Lipinski definition) is 6. The molecule has 0 fully saturated rings. The monoisotopic (exact) mass is 1080 g/mol. The van der Waals surface area contributed by atoms with Crippen LogP contribution in [0.3, 0.4) is 0 Å². The van der Waals surface area contributed by atoms with Crippen molar-refractivity contribution >= 4 is 17.9 Å². The van der Waals surface area contributed by atoms with Crippen LogP contribution < -0.4 is 0 Å². The average molecular weight is 1090 g/mol. The van der Waals surface area contributed by atoms with E-state index in [1.54, 1.807) is 0 Å². The minimum atomic E-state index is -0.823. The van der Waals surface area contributed by atoms with E-state index in [-0.39, 0.29) is 37.5 Å². The molecule has 440 valence electrons. The molecule has 6 nitrogen and oxygen atoms in total. The quantitative estimate of drug-likeness (QED) is 0.0261. The van der Waals surface area contributed by atoms with Crippen molar-refractivity contribution in [2.75, 3.05) is 13.2 Å². The van der Waals surface area contributed by atoms with E-state index >= 15 is 0 Å². The number of ether oxygens (including phenoxy) is 3. The normalized spacial score (nSPS) is 13.4. The van der Waals surface area contributed by atoms with E-state index in [2.05, 4.69) is 203 Å². The number of allylic oxidation sites excluding steroid dienone is 30. The molecule has 1 atom stereocenters. The Morgan fingerprint density at radius 3 is 0.722 bits per heavy atom. The van der Waals surface area contributed by atoms with Crippen LogP contribution in [0.25, 0.3) is 0 Å². The third-order valence-corrected chi connectivity index (χ3v) is 12.4. The van der Waals surface area contributed by atoms with Crippen LogP contribution in [-0.4, -0.2) is 37.2 Å². The molecule has 0 aliphatic heterocycles. The number of rotatable bonds is 54. The van der Waals surface area contributed by atoms with Crippen LogP contribution in [0.4, 0.5) is 0 Å². The van der Waals surface area contributed by atoms with E-state index in [0.29, 0.717) is 12.8 Å². The first-order chi connectivity index (χ1) is 39.0. The highest BCUT2D eigenvalue weighted by Crippen LogP contribution is 2.13. The summed E-state index contributed by atoms with van der Waals surface area (Å²) in [7, 11) is 0. The molecule has 79 heavy (non-hydrogen) atoms. The third-order valence-electron chi connectivity index (χ3n) is 12.4. The molecule has 0 aromatic carbocycles. The number of esters is 3. The fourth-order valence-electron chi connectivity index (χ4n) is 7.81. The summed E-state index contributed by atoms with van der Waals surface area (Å²) in [5.74, 6) is -0.992. The van der Waals surface area contributed by atoms with Gasteiger partial charge in [-0.15, -0.1) is 0 Å². The first-order valence-electron chi connectivity index (χ1n) is 31.3. The highest BCUT2D eigenvalue weighted by atomic mass is 16.6. The van der Waals surface area contributed by atoms with Crippen LogP contribution in [0.5, 0.6) is 0 Å². The van der Waals surface area contributed by atoms with Gasteiger partial charge in [0.2, 0.25) is 0 Å². The molecule has 0 N–H and O–H groups in total. The van der Waals surface area contributed by atoms with E-state index in [4.69, 9.17) is 14.2 Å². The second-order valence-corrected chi connectivity index (χ2v) is 19.8. The lowest BCUT2D eigenvalue weighted by molar-refractivity contribution is -0.167. The van der Waals surface area contributed by atoms with Gasteiger partial charge in [-0.1, -0.05) is 248 Å². The highest BCUT2D eigenvalue weighted by molar-refractivity contribution is 5.71. The maximum Gasteiger partial charge on any atom is 0.306 e. The molecular formula is C73H112O6. The zero-order chi connectivity index (χ0) is 57.1. The molecule has 0 aliphatic carbocycles. The SMILES string of the molecule is CC/C=C\C/C=C\C/C=C\C/C=C\C/C=C\C/C=C\C/C=C\CCCCCC(=O)OCC(COC(=O)CCCCCCC/C=C\C/C=C\C/C=C\CC)OC(=O)CCCCCCC/C=C\C/C=C\C/C=C\C/C=C\C/C=C\CC. The van der Waals surface area contributed by atoms with Crippen LogP contribution in [-0.2, 0) is 28.6 Å². The number of carbonyl (C=O) groups is 3. The Labute approximate surface area is 484 Å². The van der Waals surface area contributed by atoms with Crippen molar-refractivity contribution in [3.05, 3.63) is 182 Å².